The zero-order chi connectivity index (χ0) is 18.9. The Morgan fingerprint density at radius 2 is 1.55 bits per heavy atom. The smallest absolute Gasteiger partial charge is 0.351 e. The summed E-state index contributed by atoms with van der Waals surface area (Å²) in [6.45, 7) is 4.42. The van der Waals surface area contributed by atoms with Gasteiger partial charge >= 0.3 is 6.18 Å². The number of rotatable bonds is 4. The van der Waals surface area contributed by atoms with Gasteiger partial charge in [0.05, 0.1) is 11.3 Å². The fraction of sp³-hybridized carbons (Fsp3) is 0.500. The maximum atomic E-state index is 12.7. The normalized spacial score (nSPS) is 19.7. The predicted molar refractivity (Wildman–Crippen MR) is 113 cm³/mol. The zero-order valence-corrected chi connectivity index (χ0v) is 17.6. The summed E-state index contributed by atoms with van der Waals surface area (Å²) >= 11 is 0. The van der Waals surface area contributed by atoms with Crippen LogP contribution in [0.2, 0.25) is 0 Å². The molecule has 3 heterocycles. The molecular weight excluding hydrogens is 424 g/mol. The van der Waals surface area contributed by atoms with Crippen molar-refractivity contribution in [3.63, 3.8) is 0 Å². The summed E-state index contributed by atoms with van der Waals surface area (Å²) in [5, 5.41) is 8.63. The molecule has 0 saturated carbocycles. The molecule has 1 aromatic carbocycles. The van der Waals surface area contributed by atoms with Crippen molar-refractivity contribution in [3.05, 3.63) is 42.0 Å². The lowest BCUT2D eigenvalue weighted by Crippen LogP contribution is -2.39. The third-order valence-corrected chi connectivity index (χ3v) is 5.50. The molecule has 9 heteroatoms. The van der Waals surface area contributed by atoms with Crippen LogP contribution in [0.15, 0.2) is 36.4 Å². The van der Waals surface area contributed by atoms with E-state index in [4.69, 9.17) is 0 Å². The predicted octanol–water partition coefficient (Wildman–Crippen LogP) is 5.07. The van der Waals surface area contributed by atoms with E-state index < -0.39 is 11.7 Å². The maximum Gasteiger partial charge on any atom is 0.416 e. The fourth-order valence-electron chi connectivity index (χ4n) is 4.05. The molecule has 0 radical (unpaired) electrons. The molecule has 160 valence electrons. The van der Waals surface area contributed by atoms with Crippen LogP contribution in [0.3, 0.4) is 0 Å². The van der Waals surface area contributed by atoms with E-state index in [0.717, 1.165) is 37.5 Å². The number of anilines is 1. The van der Waals surface area contributed by atoms with Crippen LogP contribution in [0.25, 0.3) is 11.3 Å². The number of benzene rings is 1. The highest BCUT2D eigenvalue weighted by atomic mass is 35.5. The molecule has 2 fully saturated rings. The highest BCUT2D eigenvalue weighted by Crippen LogP contribution is 2.31. The minimum absolute atomic E-state index is 0. The van der Waals surface area contributed by atoms with Gasteiger partial charge in [-0.15, -0.1) is 35.0 Å². The van der Waals surface area contributed by atoms with Crippen molar-refractivity contribution < 1.29 is 13.2 Å². The molecule has 4 nitrogen and oxygen atoms in total. The van der Waals surface area contributed by atoms with Gasteiger partial charge in [-0.3, -0.25) is 0 Å². The standard InChI is InChI=1S/C20H23F3N4.2ClH/c21-20(22,23)16-7-5-15(6-8-16)18-9-10-19(25-24-18)27-13-3-4-17(27)14-26-11-1-2-12-26;;/h5-10,17H,1-4,11-14H2;2*1H/t17-;;/m0../s1. The van der Waals surface area contributed by atoms with E-state index in [-0.39, 0.29) is 24.8 Å². The third kappa shape index (κ3) is 5.53. The van der Waals surface area contributed by atoms with Gasteiger partial charge in [-0.2, -0.15) is 13.2 Å². The Hall–Kier alpha value is -1.57. The molecule has 0 spiro atoms. The summed E-state index contributed by atoms with van der Waals surface area (Å²) in [5.41, 5.74) is 0.567. The van der Waals surface area contributed by atoms with E-state index in [2.05, 4.69) is 20.0 Å². The average Bonchev–Trinajstić information content (AvgIpc) is 3.34. The molecule has 4 rings (SSSR count). The number of hydrogen-bond donors (Lipinski definition) is 0. The molecule has 2 saturated heterocycles. The van der Waals surface area contributed by atoms with Crippen LogP contribution in [-0.4, -0.2) is 47.3 Å². The molecule has 1 aromatic heterocycles. The number of nitrogens with zero attached hydrogens (tertiary/aromatic N) is 4. The molecule has 1 atom stereocenters. The quantitative estimate of drug-likeness (QED) is 0.653. The number of alkyl halides is 3. The first-order chi connectivity index (χ1) is 13.0. The van der Waals surface area contributed by atoms with Gasteiger partial charge in [0.15, 0.2) is 5.82 Å². The SMILES string of the molecule is Cl.Cl.FC(F)(F)c1ccc(-c2ccc(N3CCC[C@H]3CN3CCCC3)nn2)cc1. The van der Waals surface area contributed by atoms with Crippen molar-refractivity contribution in [2.45, 2.75) is 37.9 Å². The number of aromatic nitrogens is 2. The first-order valence-electron chi connectivity index (χ1n) is 9.51. The molecule has 0 bridgehead atoms. The van der Waals surface area contributed by atoms with Gasteiger partial charge in [0, 0.05) is 24.7 Å². The van der Waals surface area contributed by atoms with Crippen LogP contribution in [0.4, 0.5) is 19.0 Å². The summed E-state index contributed by atoms with van der Waals surface area (Å²) in [5.74, 6) is 0.854. The van der Waals surface area contributed by atoms with Crippen LogP contribution < -0.4 is 4.90 Å². The van der Waals surface area contributed by atoms with Crippen molar-refractivity contribution in [3.8, 4) is 11.3 Å². The van der Waals surface area contributed by atoms with Gasteiger partial charge < -0.3 is 9.80 Å². The van der Waals surface area contributed by atoms with E-state index in [9.17, 15) is 13.2 Å². The third-order valence-electron chi connectivity index (χ3n) is 5.50. The summed E-state index contributed by atoms with van der Waals surface area (Å²) in [6, 6.07) is 9.29. The molecular formula is C20H25Cl2F3N4. The Bertz CT molecular complexity index is 763. The fourth-order valence-corrected chi connectivity index (χ4v) is 4.05. The Labute approximate surface area is 181 Å². The van der Waals surface area contributed by atoms with Crippen molar-refractivity contribution in [2.75, 3.05) is 31.1 Å². The highest BCUT2D eigenvalue weighted by molar-refractivity contribution is 5.85. The molecule has 0 unspecified atom stereocenters. The largest absolute Gasteiger partial charge is 0.416 e. The Morgan fingerprint density at radius 1 is 0.862 bits per heavy atom. The van der Waals surface area contributed by atoms with Crippen LogP contribution in [0, 0.1) is 0 Å². The van der Waals surface area contributed by atoms with E-state index in [1.54, 1.807) is 0 Å². The van der Waals surface area contributed by atoms with Gasteiger partial charge in [0.2, 0.25) is 0 Å². The van der Waals surface area contributed by atoms with Crippen LogP contribution in [0.5, 0.6) is 0 Å². The van der Waals surface area contributed by atoms with E-state index in [1.807, 2.05) is 12.1 Å². The van der Waals surface area contributed by atoms with Gasteiger partial charge in [0.25, 0.3) is 0 Å². The summed E-state index contributed by atoms with van der Waals surface area (Å²) in [6.07, 6.45) is 0.566. The van der Waals surface area contributed by atoms with Crippen LogP contribution in [0.1, 0.15) is 31.2 Å². The Kier molecular flexibility index (Phi) is 8.14. The molecule has 0 aliphatic carbocycles. The van der Waals surface area contributed by atoms with Crippen molar-refractivity contribution in [1.82, 2.24) is 15.1 Å². The monoisotopic (exact) mass is 448 g/mol. The molecule has 29 heavy (non-hydrogen) atoms. The van der Waals surface area contributed by atoms with Gasteiger partial charge in [-0.1, -0.05) is 12.1 Å². The first kappa shape index (κ1) is 23.7. The maximum absolute atomic E-state index is 12.7. The molecule has 2 aliphatic heterocycles. The van der Waals surface area contributed by atoms with Crippen molar-refractivity contribution in [2.24, 2.45) is 0 Å². The minimum atomic E-state index is -4.33. The zero-order valence-electron chi connectivity index (χ0n) is 15.9. The molecule has 2 aromatic rings. The van der Waals surface area contributed by atoms with Crippen molar-refractivity contribution >= 4 is 30.6 Å². The number of halogens is 5. The number of hydrogen-bond acceptors (Lipinski definition) is 4. The second-order valence-corrected chi connectivity index (χ2v) is 7.35. The second kappa shape index (κ2) is 9.96. The van der Waals surface area contributed by atoms with E-state index in [1.165, 1.54) is 44.5 Å². The Morgan fingerprint density at radius 3 is 2.14 bits per heavy atom. The lowest BCUT2D eigenvalue weighted by molar-refractivity contribution is -0.137. The van der Waals surface area contributed by atoms with Crippen LogP contribution >= 0.6 is 24.8 Å². The van der Waals surface area contributed by atoms with E-state index >= 15 is 0 Å². The van der Waals surface area contributed by atoms with Gasteiger partial charge in [-0.25, -0.2) is 0 Å². The lowest BCUT2D eigenvalue weighted by atomic mass is 10.1. The molecule has 0 N–H and O–H groups in total. The lowest BCUT2D eigenvalue weighted by Gasteiger charge is -2.29. The number of likely N-dealkylation sites (tertiary alicyclic amines) is 1. The summed E-state index contributed by atoms with van der Waals surface area (Å²) in [7, 11) is 0. The summed E-state index contributed by atoms with van der Waals surface area (Å²) in [4.78, 5) is 4.84. The second-order valence-electron chi connectivity index (χ2n) is 7.35. The van der Waals surface area contributed by atoms with Gasteiger partial charge in [0.1, 0.15) is 0 Å². The van der Waals surface area contributed by atoms with E-state index in [0.29, 0.717) is 17.3 Å². The summed E-state index contributed by atoms with van der Waals surface area (Å²) < 4.78 is 38.1. The first-order valence-corrected chi connectivity index (χ1v) is 9.51. The van der Waals surface area contributed by atoms with Crippen molar-refractivity contribution in [1.29, 1.82) is 0 Å². The minimum Gasteiger partial charge on any atom is -0.351 e. The topological polar surface area (TPSA) is 32.3 Å². The van der Waals surface area contributed by atoms with Crippen LogP contribution in [-0.2, 0) is 6.18 Å². The molecule has 0 amide bonds. The molecule has 2 aliphatic rings. The van der Waals surface area contributed by atoms with Gasteiger partial charge in [-0.05, 0) is 63.0 Å². The highest BCUT2D eigenvalue weighted by Gasteiger charge is 2.30. The average molecular weight is 449 g/mol. The Balaban J connectivity index is 0.00000150.